The van der Waals surface area contributed by atoms with E-state index < -0.39 is 67.6 Å². The Morgan fingerprint density at radius 3 is 1.84 bits per heavy atom. The Bertz CT molecular complexity index is 1480. The molecule has 3 aromatic carbocycles. The molecule has 0 spiro atoms. The zero-order valence-electron chi connectivity index (χ0n) is 27.5. The van der Waals surface area contributed by atoms with E-state index in [1.165, 1.54) is 0 Å². The summed E-state index contributed by atoms with van der Waals surface area (Å²) in [4.78, 5) is 12.2. The molecule has 0 bridgehead atoms. The van der Waals surface area contributed by atoms with Crippen LogP contribution in [0.4, 0.5) is 4.79 Å². The number of carbonyl (C=O) groups excluding carboxylic acids is 1. The summed E-state index contributed by atoms with van der Waals surface area (Å²) in [6, 6.07) is 29.4. The average Bonchev–Trinajstić information content (AvgIpc) is 3.53. The molecule has 6 rings (SSSR count). The van der Waals surface area contributed by atoms with Gasteiger partial charge >= 0.3 is 6.16 Å². The second-order valence-corrected chi connectivity index (χ2v) is 12.0. The van der Waals surface area contributed by atoms with Crippen LogP contribution in [-0.2, 0) is 67.2 Å². The van der Waals surface area contributed by atoms with Gasteiger partial charge in [0, 0.05) is 7.11 Å². The van der Waals surface area contributed by atoms with Gasteiger partial charge < -0.3 is 47.4 Å². The second-order valence-electron chi connectivity index (χ2n) is 12.0. The van der Waals surface area contributed by atoms with Crippen molar-refractivity contribution in [3.8, 4) is 12.3 Å². The van der Waals surface area contributed by atoms with Gasteiger partial charge in [0.2, 0.25) is 0 Å². The molecule has 0 radical (unpaired) electrons. The molecule has 0 N–H and O–H groups in total. The Labute approximate surface area is 286 Å². The van der Waals surface area contributed by atoms with Gasteiger partial charge in [-0.1, -0.05) is 96.9 Å². The number of hydrogen-bond acceptors (Lipinski definition) is 11. The highest BCUT2D eigenvalue weighted by Gasteiger charge is 2.57. The van der Waals surface area contributed by atoms with Gasteiger partial charge in [0.1, 0.15) is 31.0 Å². The number of carbonyl (C=O) groups is 1. The lowest BCUT2D eigenvalue weighted by molar-refractivity contribution is -0.361. The largest absolute Gasteiger partial charge is 0.509 e. The Kier molecular flexibility index (Phi) is 12.3. The summed E-state index contributed by atoms with van der Waals surface area (Å²) in [5.41, 5.74) is 2.92. The number of terminal acetylenes is 1. The first-order valence-electron chi connectivity index (χ1n) is 16.4. The summed E-state index contributed by atoms with van der Waals surface area (Å²) in [6.45, 7) is 2.69. The smallest absolute Gasteiger partial charge is 0.424 e. The van der Waals surface area contributed by atoms with E-state index in [0.29, 0.717) is 6.61 Å². The van der Waals surface area contributed by atoms with Crippen molar-refractivity contribution in [1.29, 1.82) is 0 Å². The molecule has 3 saturated heterocycles. The molecule has 49 heavy (non-hydrogen) atoms. The van der Waals surface area contributed by atoms with Gasteiger partial charge in [-0.3, -0.25) is 0 Å². The summed E-state index contributed by atoms with van der Waals surface area (Å²) in [6.07, 6.45) is -3.18. The number of rotatable bonds is 15. The van der Waals surface area contributed by atoms with Crippen molar-refractivity contribution in [2.75, 3.05) is 20.3 Å². The fourth-order valence-corrected chi connectivity index (χ4v) is 6.24. The Morgan fingerprint density at radius 1 is 0.673 bits per heavy atom. The Morgan fingerprint density at radius 2 is 1.24 bits per heavy atom. The number of benzene rings is 3. The van der Waals surface area contributed by atoms with E-state index in [1.54, 1.807) is 14.0 Å². The van der Waals surface area contributed by atoms with Gasteiger partial charge in [-0.15, -0.1) is 6.42 Å². The standard InChI is InChI=1S/C38H42O11/c1-4-20-42-35-33-30(48-38(39)49-33)25(2)45-37(35)47-31-29(24-41-21-26-14-8-5-9-15-26)46-36(40-3)34(44-23-28-18-12-7-13-19-28)32(31)43-22-27-16-10-6-11-17-27/h1,5-19,25,29-37H,20-24H2,2-3H3/t25-,29+,30-,31+,32-,33+,34+,35+,36-,37-/m0/s1. The first-order chi connectivity index (χ1) is 24.0. The normalized spacial score (nSPS) is 30.9. The van der Waals surface area contributed by atoms with Crippen LogP contribution in [0.1, 0.15) is 23.6 Å². The summed E-state index contributed by atoms with van der Waals surface area (Å²) in [7, 11) is 1.56. The molecule has 11 heteroatoms. The summed E-state index contributed by atoms with van der Waals surface area (Å²) in [5, 5.41) is 0. The quantitative estimate of drug-likeness (QED) is 0.164. The van der Waals surface area contributed by atoms with Crippen molar-refractivity contribution in [2.45, 2.75) is 88.2 Å². The number of ether oxygens (including phenoxy) is 10. The van der Waals surface area contributed by atoms with E-state index in [9.17, 15) is 4.79 Å². The number of hydrogen-bond donors (Lipinski definition) is 0. The van der Waals surface area contributed by atoms with Gasteiger partial charge in [-0.05, 0) is 23.6 Å². The summed E-state index contributed by atoms with van der Waals surface area (Å²) < 4.78 is 61.9. The molecule has 3 fully saturated rings. The first kappa shape index (κ1) is 35.0. The maximum Gasteiger partial charge on any atom is 0.509 e. The fraction of sp³-hybridized carbons (Fsp3) is 0.447. The minimum absolute atomic E-state index is 0.0731. The van der Waals surface area contributed by atoms with Crippen molar-refractivity contribution in [2.24, 2.45) is 0 Å². The van der Waals surface area contributed by atoms with E-state index in [1.807, 2.05) is 91.0 Å². The number of fused-ring (bicyclic) bond motifs is 1. The van der Waals surface area contributed by atoms with Gasteiger partial charge in [0.15, 0.2) is 30.9 Å². The highest BCUT2D eigenvalue weighted by Crippen LogP contribution is 2.37. The molecule has 10 atom stereocenters. The zero-order chi connectivity index (χ0) is 34.0. The molecule has 3 heterocycles. The van der Waals surface area contributed by atoms with E-state index in [-0.39, 0.29) is 26.4 Å². The van der Waals surface area contributed by atoms with Gasteiger partial charge in [0.05, 0.1) is 32.5 Å². The van der Waals surface area contributed by atoms with Crippen LogP contribution in [0.15, 0.2) is 91.0 Å². The van der Waals surface area contributed by atoms with Crippen molar-refractivity contribution >= 4 is 6.16 Å². The molecular formula is C38H42O11. The maximum absolute atomic E-state index is 12.2. The molecule has 0 amide bonds. The minimum atomic E-state index is -1.05. The third-order valence-corrected chi connectivity index (χ3v) is 8.63. The van der Waals surface area contributed by atoms with Crippen LogP contribution in [0.5, 0.6) is 0 Å². The first-order valence-corrected chi connectivity index (χ1v) is 16.4. The van der Waals surface area contributed by atoms with Crippen molar-refractivity contribution in [1.82, 2.24) is 0 Å². The molecule has 0 unspecified atom stereocenters. The SMILES string of the molecule is C#CCO[C@H]1[C@H](O[C@H]2[C@H](OCc3ccccc3)[C@@H](OCc3ccccc3)[C@@H](OC)O[C@@H]2COCc2ccccc2)O[C@@H](C)[C@@H]2OC(=O)O[C@H]21. The fourth-order valence-electron chi connectivity index (χ4n) is 6.24. The molecule has 3 aromatic rings. The van der Waals surface area contributed by atoms with E-state index in [2.05, 4.69) is 5.92 Å². The second kappa shape index (κ2) is 17.2. The Balaban J connectivity index is 1.31. The highest BCUT2D eigenvalue weighted by molar-refractivity contribution is 5.63. The predicted molar refractivity (Wildman–Crippen MR) is 175 cm³/mol. The van der Waals surface area contributed by atoms with Gasteiger partial charge in [-0.2, -0.15) is 0 Å². The predicted octanol–water partition coefficient (Wildman–Crippen LogP) is 4.80. The minimum Gasteiger partial charge on any atom is -0.424 e. The van der Waals surface area contributed by atoms with Crippen LogP contribution in [0.2, 0.25) is 0 Å². The molecular weight excluding hydrogens is 632 g/mol. The lowest BCUT2D eigenvalue weighted by Gasteiger charge is -2.48. The maximum atomic E-state index is 12.2. The third kappa shape index (κ3) is 8.86. The van der Waals surface area contributed by atoms with Gasteiger partial charge in [0.25, 0.3) is 0 Å². The molecule has 3 aliphatic heterocycles. The summed E-state index contributed by atoms with van der Waals surface area (Å²) in [5.74, 6) is 2.47. The lowest BCUT2D eigenvalue weighted by Crippen LogP contribution is -2.65. The van der Waals surface area contributed by atoms with Crippen molar-refractivity contribution < 1.29 is 52.2 Å². The topological polar surface area (TPSA) is 109 Å². The van der Waals surface area contributed by atoms with Crippen LogP contribution >= 0.6 is 0 Å². The van der Waals surface area contributed by atoms with Crippen LogP contribution in [0.3, 0.4) is 0 Å². The molecule has 0 aromatic heterocycles. The van der Waals surface area contributed by atoms with E-state index in [4.69, 9.17) is 53.8 Å². The molecule has 0 saturated carbocycles. The molecule has 3 aliphatic rings. The van der Waals surface area contributed by atoms with Crippen LogP contribution in [0, 0.1) is 12.3 Å². The monoisotopic (exact) mass is 674 g/mol. The summed E-state index contributed by atoms with van der Waals surface area (Å²) >= 11 is 0. The van der Waals surface area contributed by atoms with Crippen LogP contribution < -0.4 is 0 Å². The van der Waals surface area contributed by atoms with E-state index >= 15 is 0 Å². The number of methoxy groups -OCH3 is 1. The lowest BCUT2D eigenvalue weighted by atomic mass is 9.96. The van der Waals surface area contributed by atoms with Gasteiger partial charge in [-0.25, -0.2) is 4.79 Å². The van der Waals surface area contributed by atoms with Crippen molar-refractivity contribution in [3.63, 3.8) is 0 Å². The van der Waals surface area contributed by atoms with Crippen LogP contribution in [-0.4, -0.2) is 87.9 Å². The zero-order valence-corrected chi connectivity index (χ0v) is 27.5. The Hall–Kier alpha value is -3.83. The van der Waals surface area contributed by atoms with Crippen LogP contribution in [0.25, 0.3) is 0 Å². The highest BCUT2D eigenvalue weighted by atomic mass is 16.8. The third-order valence-electron chi connectivity index (χ3n) is 8.63. The van der Waals surface area contributed by atoms with Crippen molar-refractivity contribution in [3.05, 3.63) is 108 Å². The molecule has 260 valence electrons. The average molecular weight is 675 g/mol. The molecule has 11 nitrogen and oxygen atoms in total. The van der Waals surface area contributed by atoms with E-state index in [0.717, 1.165) is 16.7 Å². The molecule has 0 aliphatic carbocycles.